The summed E-state index contributed by atoms with van der Waals surface area (Å²) < 4.78 is 0. The summed E-state index contributed by atoms with van der Waals surface area (Å²) >= 11 is 0. The number of rotatable bonds is 5. The molecule has 0 radical (unpaired) electrons. The van der Waals surface area contributed by atoms with Crippen molar-refractivity contribution in [2.45, 2.75) is 13.8 Å². The Morgan fingerprint density at radius 3 is 2.52 bits per heavy atom. The molecular weight excluding hydrogens is 312 g/mol. The van der Waals surface area contributed by atoms with Gasteiger partial charge in [0.25, 0.3) is 5.91 Å². The summed E-state index contributed by atoms with van der Waals surface area (Å²) in [5.41, 5.74) is 2.78. The first-order valence-corrected chi connectivity index (χ1v) is 8.91. The number of nitrogens with zero attached hydrogens (tertiary/aromatic N) is 3. The van der Waals surface area contributed by atoms with Crippen LogP contribution >= 0.6 is 0 Å². The summed E-state index contributed by atoms with van der Waals surface area (Å²) in [6.07, 6.45) is 3.43. The number of carbonyl (C=O) groups is 1. The van der Waals surface area contributed by atoms with E-state index in [1.54, 1.807) is 12.4 Å². The SMILES string of the molecule is CC(C)CNc1cncc(C(=O)N2CCN(c3ccccc3)CC2)c1. The Kier molecular flexibility index (Phi) is 5.53. The zero-order chi connectivity index (χ0) is 17.6. The molecule has 1 aliphatic heterocycles. The molecule has 1 N–H and O–H groups in total. The molecule has 132 valence electrons. The lowest BCUT2D eigenvalue weighted by molar-refractivity contribution is 0.0746. The predicted molar refractivity (Wildman–Crippen MR) is 102 cm³/mol. The smallest absolute Gasteiger partial charge is 0.255 e. The highest BCUT2D eigenvalue weighted by Gasteiger charge is 2.22. The van der Waals surface area contributed by atoms with Crippen molar-refractivity contribution < 1.29 is 4.79 Å². The van der Waals surface area contributed by atoms with Crippen LogP contribution < -0.4 is 10.2 Å². The van der Waals surface area contributed by atoms with E-state index in [1.165, 1.54) is 5.69 Å². The van der Waals surface area contributed by atoms with Crippen LogP contribution in [0.15, 0.2) is 48.8 Å². The molecule has 2 heterocycles. The van der Waals surface area contributed by atoms with Gasteiger partial charge >= 0.3 is 0 Å². The lowest BCUT2D eigenvalue weighted by atomic mass is 10.2. The molecular formula is C20H26N4O. The molecule has 1 aliphatic rings. The first-order chi connectivity index (χ1) is 12.1. The van der Waals surface area contributed by atoms with Gasteiger partial charge in [0.05, 0.1) is 11.3 Å². The monoisotopic (exact) mass is 338 g/mol. The van der Waals surface area contributed by atoms with Crippen LogP contribution in [-0.4, -0.2) is 48.5 Å². The quantitative estimate of drug-likeness (QED) is 0.910. The van der Waals surface area contributed by atoms with Gasteiger partial charge in [-0.25, -0.2) is 0 Å². The molecule has 0 atom stereocenters. The molecule has 1 aromatic carbocycles. The Bertz CT molecular complexity index is 694. The van der Waals surface area contributed by atoms with Gasteiger partial charge in [-0.15, -0.1) is 0 Å². The van der Waals surface area contributed by atoms with Gasteiger partial charge in [0.2, 0.25) is 0 Å². The van der Waals surface area contributed by atoms with Gasteiger partial charge in [-0.3, -0.25) is 9.78 Å². The molecule has 5 nitrogen and oxygen atoms in total. The highest BCUT2D eigenvalue weighted by molar-refractivity contribution is 5.95. The van der Waals surface area contributed by atoms with E-state index in [4.69, 9.17) is 0 Å². The third-order valence-corrected chi connectivity index (χ3v) is 4.39. The van der Waals surface area contributed by atoms with Crippen molar-refractivity contribution in [3.8, 4) is 0 Å². The van der Waals surface area contributed by atoms with Crippen LogP contribution in [0.1, 0.15) is 24.2 Å². The molecule has 1 fully saturated rings. The minimum absolute atomic E-state index is 0.0633. The van der Waals surface area contributed by atoms with Crippen LogP contribution in [0.3, 0.4) is 0 Å². The topological polar surface area (TPSA) is 48.5 Å². The third kappa shape index (κ3) is 4.50. The molecule has 0 unspecified atom stereocenters. The number of anilines is 2. The molecule has 2 aromatic rings. The fourth-order valence-corrected chi connectivity index (χ4v) is 2.96. The number of hydrogen-bond acceptors (Lipinski definition) is 4. The van der Waals surface area contributed by atoms with Crippen molar-refractivity contribution in [1.82, 2.24) is 9.88 Å². The molecule has 1 amide bonds. The van der Waals surface area contributed by atoms with Crippen LogP contribution in [-0.2, 0) is 0 Å². The van der Waals surface area contributed by atoms with Crippen molar-refractivity contribution in [2.24, 2.45) is 5.92 Å². The zero-order valence-corrected chi connectivity index (χ0v) is 15.0. The van der Waals surface area contributed by atoms with Gasteiger partial charge in [0, 0.05) is 50.8 Å². The molecule has 0 aliphatic carbocycles. The van der Waals surface area contributed by atoms with E-state index in [0.29, 0.717) is 11.5 Å². The van der Waals surface area contributed by atoms with Gasteiger partial charge in [-0.1, -0.05) is 32.0 Å². The van der Waals surface area contributed by atoms with Crippen LogP contribution in [0.2, 0.25) is 0 Å². The largest absolute Gasteiger partial charge is 0.384 e. The first-order valence-electron chi connectivity index (χ1n) is 8.91. The van der Waals surface area contributed by atoms with Gasteiger partial charge < -0.3 is 15.1 Å². The molecule has 0 spiro atoms. The van der Waals surface area contributed by atoms with Crippen molar-refractivity contribution in [2.75, 3.05) is 42.9 Å². The molecule has 0 saturated carbocycles. The van der Waals surface area contributed by atoms with Gasteiger partial charge in [-0.2, -0.15) is 0 Å². The number of hydrogen-bond donors (Lipinski definition) is 1. The second-order valence-electron chi connectivity index (χ2n) is 6.85. The maximum atomic E-state index is 12.8. The van der Waals surface area contributed by atoms with Crippen molar-refractivity contribution in [3.63, 3.8) is 0 Å². The summed E-state index contributed by atoms with van der Waals surface area (Å²) in [4.78, 5) is 21.2. The third-order valence-electron chi connectivity index (χ3n) is 4.39. The lowest BCUT2D eigenvalue weighted by Gasteiger charge is -2.36. The standard InChI is InChI=1S/C20H26N4O/c1-16(2)13-22-18-12-17(14-21-15-18)20(25)24-10-8-23(9-11-24)19-6-4-3-5-7-19/h3-7,12,14-16,22H,8-11,13H2,1-2H3. The number of amides is 1. The van der Waals surface area contributed by atoms with Crippen LogP contribution in [0.25, 0.3) is 0 Å². The van der Waals surface area contributed by atoms with Gasteiger partial charge in [0.1, 0.15) is 0 Å². The maximum Gasteiger partial charge on any atom is 0.255 e. The predicted octanol–water partition coefficient (Wildman–Crippen LogP) is 3.11. The van der Waals surface area contributed by atoms with Crippen molar-refractivity contribution >= 4 is 17.3 Å². The van der Waals surface area contributed by atoms with Crippen LogP contribution in [0.4, 0.5) is 11.4 Å². The van der Waals surface area contributed by atoms with Crippen molar-refractivity contribution in [1.29, 1.82) is 0 Å². The second-order valence-corrected chi connectivity index (χ2v) is 6.85. The highest BCUT2D eigenvalue weighted by atomic mass is 16.2. The van der Waals surface area contributed by atoms with Crippen LogP contribution in [0, 0.1) is 5.92 Å². The number of carbonyl (C=O) groups excluding carboxylic acids is 1. The molecule has 1 saturated heterocycles. The Balaban J connectivity index is 1.60. The molecule has 5 heteroatoms. The van der Waals surface area contributed by atoms with E-state index in [0.717, 1.165) is 38.4 Å². The Morgan fingerprint density at radius 2 is 1.84 bits per heavy atom. The zero-order valence-electron chi connectivity index (χ0n) is 15.0. The minimum Gasteiger partial charge on any atom is -0.384 e. The molecule has 1 aromatic heterocycles. The maximum absolute atomic E-state index is 12.8. The fraction of sp³-hybridized carbons (Fsp3) is 0.400. The number of aromatic nitrogens is 1. The fourth-order valence-electron chi connectivity index (χ4n) is 2.96. The van der Waals surface area contributed by atoms with E-state index >= 15 is 0 Å². The average Bonchev–Trinajstić information content (AvgIpc) is 2.67. The van der Waals surface area contributed by atoms with E-state index in [9.17, 15) is 4.79 Å². The Labute approximate surface area is 149 Å². The van der Waals surface area contributed by atoms with E-state index in [2.05, 4.69) is 41.2 Å². The summed E-state index contributed by atoms with van der Waals surface area (Å²) in [5.74, 6) is 0.610. The van der Waals surface area contributed by atoms with Gasteiger partial charge in [0.15, 0.2) is 0 Å². The van der Waals surface area contributed by atoms with Gasteiger partial charge in [-0.05, 0) is 24.1 Å². The van der Waals surface area contributed by atoms with E-state index < -0.39 is 0 Å². The number of piperazine rings is 1. The lowest BCUT2D eigenvalue weighted by Crippen LogP contribution is -2.48. The first kappa shape index (κ1) is 17.3. The Morgan fingerprint density at radius 1 is 1.12 bits per heavy atom. The van der Waals surface area contributed by atoms with Crippen LogP contribution in [0.5, 0.6) is 0 Å². The Hall–Kier alpha value is -2.56. The summed E-state index contributed by atoms with van der Waals surface area (Å²) in [7, 11) is 0. The summed E-state index contributed by atoms with van der Waals surface area (Å²) in [6, 6.07) is 12.3. The summed E-state index contributed by atoms with van der Waals surface area (Å²) in [5, 5.41) is 3.33. The summed E-state index contributed by atoms with van der Waals surface area (Å²) in [6.45, 7) is 8.36. The van der Waals surface area contributed by atoms with Crippen molar-refractivity contribution in [3.05, 3.63) is 54.4 Å². The number of benzene rings is 1. The second kappa shape index (κ2) is 8.01. The highest BCUT2D eigenvalue weighted by Crippen LogP contribution is 2.17. The van der Waals surface area contributed by atoms with E-state index in [1.807, 2.05) is 29.2 Å². The molecule has 0 bridgehead atoms. The normalized spacial score (nSPS) is 14.7. The average molecular weight is 338 g/mol. The number of para-hydroxylation sites is 1. The number of pyridine rings is 1. The molecule has 25 heavy (non-hydrogen) atoms. The minimum atomic E-state index is 0.0633. The number of nitrogens with one attached hydrogen (secondary N) is 1. The molecule has 3 rings (SSSR count). The van der Waals surface area contributed by atoms with E-state index in [-0.39, 0.29) is 5.91 Å².